The highest BCUT2D eigenvalue weighted by Gasteiger charge is 2.31. The highest BCUT2D eigenvalue weighted by Crippen LogP contribution is 2.51. The third-order valence-corrected chi connectivity index (χ3v) is 4.62. The van der Waals surface area contributed by atoms with Crippen LogP contribution in [0, 0.1) is 17.8 Å². The summed E-state index contributed by atoms with van der Waals surface area (Å²) in [6.07, 6.45) is 1.96. The van der Waals surface area contributed by atoms with Crippen LogP contribution >= 0.6 is 7.82 Å². The smallest absolute Gasteiger partial charge is 0.287 e. The Balaban J connectivity index is 2.94. The molecule has 0 N–H and O–H groups in total. The van der Waals surface area contributed by atoms with E-state index in [9.17, 15) is 4.57 Å². The summed E-state index contributed by atoms with van der Waals surface area (Å²) < 4.78 is 28.5. The zero-order chi connectivity index (χ0) is 16.4. The molecule has 5 nitrogen and oxygen atoms in total. The van der Waals surface area contributed by atoms with E-state index in [-0.39, 0.29) is 19.1 Å². The molecule has 2 unspecified atom stereocenters. The van der Waals surface area contributed by atoms with E-state index in [1.165, 1.54) is 0 Å². The zero-order valence-corrected chi connectivity index (χ0v) is 14.5. The molecule has 0 aliphatic heterocycles. The van der Waals surface area contributed by atoms with Gasteiger partial charge in [-0.05, 0) is 37.8 Å². The lowest BCUT2D eigenvalue weighted by atomic mass is 10.0. The maximum absolute atomic E-state index is 12.5. The fourth-order valence-electron chi connectivity index (χ4n) is 1.62. The first kappa shape index (κ1) is 18.9. The summed E-state index contributed by atoms with van der Waals surface area (Å²) in [6.45, 7) is 7.99. The van der Waals surface area contributed by atoms with E-state index in [4.69, 9.17) is 13.6 Å². The Morgan fingerprint density at radius 2 is 1.91 bits per heavy atom. The molecule has 0 aliphatic rings. The monoisotopic (exact) mass is 325 g/mol. The minimum Gasteiger partial charge on any atom is -0.287 e. The van der Waals surface area contributed by atoms with Gasteiger partial charge >= 0.3 is 7.82 Å². The first-order chi connectivity index (χ1) is 10.5. The molecule has 0 saturated carbocycles. The van der Waals surface area contributed by atoms with Gasteiger partial charge in [-0.2, -0.15) is 0 Å². The molecule has 0 fully saturated rings. The van der Waals surface area contributed by atoms with Crippen LogP contribution < -0.4 is 0 Å². The fourth-order valence-corrected chi connectivity index (χ4v) is 2.99. The van der Waals surface area contributed by atoms with E-state index in [1.807, 2.05) is 32.0 Å². The molecule has 1 aromatic heterocycles. The molecule has 0 radical (unpaired) electrons. The van der Waals surface area contributed by atoms with Gasteiger partial charge in [0, 0.05) is 6.20 Å². The van der Waals surface area contributed by atoms with Gasteiger partial charge in [0.25, 0.3) is 0 Å². The lowest BCUT2D eigenvalue weighted by Crippen LogP contribution is -2.20. The van der Waals surface area contributed by atoms with Gasteiger partial charge in [0.05, 0.1) is 13.2 Å². The van der Waals surface area contributed by atoms with Crippen molar-refractivity contribution in [2.45, 2.75) is 40.2 Å². The number of aromatic nitrogens is 1. The Hall–Kier alpha value is -1.18. The van der Waals surface area contributed by atoms with Crippen molar-refractivity contribution in [3.63, 3.8) is 0 Å². The van der Waals surface area contributed by atoms with Gasteiger partial charge < -0.3 is 0 Å². The Labute approximate surface area is 133 Å². The second-order valence-electron chi connectivity index (χ2n) is 4.68. The topological polar surface area (TPSA) is 57.7 Å². The van der Waals surface area contributed by atoms with Gasteiger partial charge in [-0.3, -0.25) is 13.6 Å². The minimum atomic E-state index is -3.59. The van der Waals surface area contributed by atoms with Gasteiger partial charge in [-0.1, -0.05) is 32.3 Å². The van der Waals surface area contributed by atoms with Crippen LogP contribution in [0.3, 0.4) is 0 Å². The molecule has 0 saturated heterocycles. The third-order valence-electron chi connectivity index (χ3n) is 2.99. The first-order valence-electron chi connectivity index (χ1n) is 7.54. The number of hydrogen-bond acceptors (Lipinski definition) is 5. The number of rotatable bonds is 8. The van der Waals surface area contributed by atoms with Crippen LogP contribution in [0.4, 0.5) is 0 Å². The minimum absolute atomic E-state index is 0.0884. The molecule has 0 aromatic carbocycles. The molecule has 0 amide bonds. The maximum atomic E-state index is 12.5. The quantitative estimate of drug-likeness (QED) is 0.533. The number of hydrogen-bond donors (Lipinski definition) is 0. The lowest BCUT2D eigenvalue weighted by Gasteiger charge is -2.23. The van der Waals surface area contributed by atoms with Crippen LogP contribution in [-0.2, 0) is 18.1 Å². The Morgan fingerprint density at radius 1 is 1.23 bits per heavy atom. The summed E-state index contributed by atoms with van der Waals surface area (Å²) in [6, 6.07) is 5.50. The number of phosphoric acid groups is 1. The molecule has 6 heteroatoms. The Bertz CT molecular complexity index is 528. The van der Waals surface area contributed by atoms with Crippen molar-refractivity contribution < 1.29 is 18.1 Å². The van der Waals surface area contributed by atoms with Crippen molar-refractivity contribution in [1.82, 2.24) is 4.98 Å². The molecule has 122 valence electrons. The second-order valence-corrected chi connectivity index (χ2v) is 6.30. The van der Waals surface area contributed by atoms with Gasteiger partial charge in [-0.15, -0.1) is 0 Å². The molecule has 0 bridgehead atoms. The predicted octanol–water partition coefficient (Wildman–Crippen LogP) is 4.05. The van der Waals surface area contributed by atoms with Crippen LogP contribution in [0.5, 0.6) is 0 Å². The van der Waals surface area contributed by atoms with E-state index in [0.29, 0.717) is 5.69 Å². The van der Waals surface area contributed by atoms with E-state index in [2.05, 4.69) is 16.8 Å². The SMILES string of the molecule is CCOP(=O)(OCC)OC(C#Cc1ccccn1)C(C)CC. The molecule has 22 heavy (non-hydrogen) atoms. The average Bonchev–Trinajstić information content (AvgIpc) is 2.52. The van der Waals surface area contributed by atoms with Crippen molar-refractivity contribution >= 4 is 7.82 Å². The van der Waals surface area contributed by atoms with Crippen LogP contribution in [0.2, 0.25) is 0 Å². The van der Waals surface area contributed by atoms with E-state index >= 15 is 0 Å². The summed E-state index contributed by atoms with van der Waals surface area (Å²) >= 11 is 0. The molecule has 1 rings (SSSR count). The van der Waals surface area contributed by atoms with E-state index < -0.39 is 13.9 Å². The average molecular weight is 325 g/mol. The highest BCUT2D eigenvalue weighted by molar-refractivity contribution is 7.48. The molecule has 1 aromatic rings. The molecule has 0 spiro atoms. The van der Waals surface area contributed by atoms with Crippen LogP contribution in [0.1, 0.15) is 39.8 Å². The first-order valence-corrected chi connectivity index (χ1v) is 9.00. The summed E-state index contributed by atoms with van der Waals surface area (Å²) in [5, 5.41) is 0. The summed E-state index contributed by atoms with van der Waals surface area (Å²) in [5.74, 6) is 6.03. The van der Waals surface area contributed by atoms with Crippen LogP contribution in [-0.4, -0.2) is 24.3 Å². The molecule has 1 heterocycles. The second kappa shape index (κ2) is 9.76. The van der Waals surface area contributed by atoms with Gasteiger partial charge in [0.1, 0.15) is 11.8 Å². The van der Waals surface area contributed by atoms with Crippen molar-refractivity contribution in [1.29, 1.82) is 0 Å². The summed E-state index contributed by atoms with van der Waals surface area (Å²) in [5.41, 5.74) is 0.641. The number of phosphoric ester groups is 1. The molecule has 2 atom stereocenters. The normalized spacial score (nSPS) is 14.0. The van der Waals surface area contributed by atoms with Crippen LogP contribution in [0.25, 0.3) is 0 Å². The summed E-state index contributed by atoms with van der Waals surface area (Å²) in [4.78, 5) is 4.14. The highest BCUT2D eigenvalue weighted by atomic mass is 31.2. The fraction of sp³-hybridized carbons (Fsp3) is 0.562. The van der Waals surface area contributed by atoms with E-state index in [1.54, 1.807) is 20.0 Å². The van der Waals surface area contributed by atoms with Crippen molar-refractivity contribution in [2.75, 3.05) is 13.2 Å². The molecular weight excluding hydrogens is 301 g/mol. The predicted molar refractivity (Wildman–Crippen MR) is 86.3 cm³/mol. The van der Waals surface area contributed by atoms with Gasteiger partial charge in [0.15, 0.2) is 0 Å². The lowest BCUT2D eigenvalue weighted by molar-refractivity contribution is 0.0836. The zero-order valence-electron chi connectivity index (χ0n) is 13.6. The van der Waals surface area contributed by atoms with Crippen LogP contribution in [0.15, 0.2) is 24.4 Å². The standard InChI is InChI=1S/C16H24NO4P/c1-5-14(4)16(12-11-15-10-8-9-13-17-15)21-22(18,19-6-2)20-7-3/h8-10,13-14,16H,5-7H2,1-4H3. The third kappa shape index (κ3) is 6.29. The van der Waals surface area contributed by atoms with E-state index in [0.717, 1.165) is 6.42 Å². The number of nitrogens with zero attached hydrogens (tertiary/aromatic N) is 1. The number of pyridine rings is 1. The largest absolute Gasteiger partial charge is 0.475 e. The Morgan fingerprint density at radius 3 is 2.41 bits per heavy atom. The molecular formula is C16H24NO4P. The summed E-state index contributed by atoms with van der Waals surface area (Å²) in [7, 11) is -3.59. The Kier molecular flexibility index (Phi) is 8.37. The van der Waals surface area contributed by atoms with Crippen molar-refractivity contribution in [3.05, 3.63) is 30.1 Å². The van der Waals surface area contributed by atoms with Crippen molar-refractivity contribution in [3.8, 4) is 11.8 Å². The van der Waals surface area contributed by atoms with Gasteiger partial charge in [0.2, 0.25) is 0 Å². The van der Waals surface area contributed by atoms with Gasteiger partial charge in [-0.25, -0.2) is 9.55 Å². The molecule has 0 aliphatic carbocycles. The van der Waals surface area contributed by atoms with Crippen molar-refractivity contribution in [2.24, 2.45) is 5.92 Å². The maximum Gasteiger partial charge on any atom is 0.475 e.